The second kappa shape index (κ2) is 7.81. The van der Waals surface area contributed by atoms with Crippen molar-refractivity contribution in [3.63, 3.8) is 0 Å². The SMILES string of the molecule is O=C(NCC1CCCCC1CBr)c1cc(Cl)cc(Br)c1. The van der Waals surface area contributed by atoms with Gasteiger partial charge in [0, 0.05) is 26.9 Å². The summed E-state index contributed by atoms with van der Waals surface area (Å²) in [5.74, 6) is 1.21. The van der Waals surface area contributed by atoms with E-state index in [-0.39, 0.29) is 5.91 Å². The van der Waals surface area contributed by atoms with Crippen molar-refractivity contribution in [2.75, 3.05) is 11.9 Å². The highest BCUT2D eigenvalue weighted by molar-refractivity contribution is 9.10. The third kappa shape index (κ3) is 4.47. The monoisotopic (exact) mass is 421 g/mol. The lowest BCUT2D eigenvalue weighted by Crippen LogP contribution is -2.34. The van der Waals surface area contributed by atoms with Gasteiger partial charge in [-0.1, -0.05) is 56.3 Å². The van der Waals surface area contributed by atoms with Crippen LogP contribution in [-0.2, 0) is 0 Å². The molecule has 1 aromatic carbocycles. The van der Waals surface area contributed by atoms with Gasteiger partial charge in [0.05, 0.1) is 0 Å². The molecule has 1 amide bonds. The topological polar surface area (TPSA) is 29.1 Å². The fourth-order valence-electron chi connectivity index (χ4n) is 2.77. The van der Waals surface area contributed by atoms with Crippen LogP contribution in [0.4, 0.5) is 0 Å². The largest absolute Gasteiger partial charge is 0.352 e. The molecule has 0 aromatic heterocycles. The van der Waals surface area contributed by atoms with Crippen LogP contribution < -0.4 is 5.32 Å². The molecular formula is C15H18Br2ClNO. The summed E-state index contributed by atoms with van der Waals surface area (Å²) in [5.41, 5.74) is 0.607. The summed E-state index contributed by atoms with van der Waals surface area (Å²) >= 11 is 12.9. The van der Waals surface area contributed by atoms with E-state index in [0.29, 0.717) is 22.4 Å². The molecule has 2 atom stereocenters. The molecule has 110 valence electrons. The average Bonchev–Trinajstić information content (AvgIpc) is 2.44. The Bertz CT molecular complexity index is 461. The number of hydrogen-bond acceptors (Lipinski definition) is 1. The van der Waals surface area contributed by atoms with Gasteiger partial charge in [0.1, 0.15) is 0 Å². The van der Waals surface area contributed by atoms with Crippen molar-refractivity contribution in [1.29, 1.82) is 0 Å². The Morgan fingerprint density at radius 2 is 1.95 bits per heavy atom. The maximum atomic E-state index is 12.2. The van der Waals surface area contributed by atoms with Crippen LogP contribution in [0.15, 0.2) is 22.7 Å². The first-order valence-electron chi connectivity index (χ1n) is 6.90. The molecule has 0 radical (unpaired) electrons. The molecule has 5 heteroatoms. The first-order chi connectivity index (χ1) is 9.60. The van der Waals surface area contributed by atoms with E-state index in [1.807, 2.05) is 0 Å². The van der Waals surface area contributed by atoms with Crippen molar-refractivity contribution in [1.82, 2.24) is 5.32 Å². The number of carbonyl (C=O) groups is 1. The first kappa shape index (κ1) is 16.3. The van der Waals surface area contributed by atoms with Gasteiger partial charge < -0.3 is 5.32 Å². The minimum absolute atomic E-state index is 0.0490. The molecule has 1 aliphatic rings. The molecule has 1 N–H and O–H groups in total. The Kier molecular flexibility index (Phi) is 6.37. The van der Waals surface area contributed by atoms with Crippen LogP contribution >= 0.6 is 43.5 Å². The molecule has 2 unspecified atom stereocenters. The van der Waals surface area contributed by atoms with E-state index < -0.39 is 0 Å². The zero-order chi connectivity index (χ0) is 14.5. The summed E-state index contributed by atoms with van der Waals surface area (Å²) in [6, 6.07) is 5.27. The number of halogens is 3. The maximum absolute atomic E-state index is 12.2. The van der Waals surface area contributed by atoms with Crippen molar-refractivity contribution in [2.45, 2.75) is 25.7 Å². The van der Waals surface area contributed by atoms with Gasteiger partial charge in [-0.05, 0) is 42.9 Å². The van der Waals surface area contributed by atoms with Gasteiger partial charge in [-0.25, -0.2) is 0 Å². The number of alkyl halides is 1. The molecule has 0 saturated heterocycles. The highest BCUT2D eigenvalue weighted by Gasteiger charge is 2.24. The van der Waals surface area contributed by atoms with Gasteiger partial charge in [0.2, 0.25) is 0 Å². The standard InChI is InChI=1S/C15H18Br2ClNO/c16-8-10-3-1-2-4-11(10)9-19-15(20)12-5-13(17)7-14(18)6-12/h5-7,10-11H,1-4,8-9H2,(H,19,20). The molecule has 2 rings (SSSR count). The molecule has 2 nitrogen and oxygen atoms in total. The number of hydrogen-bond donors (Lipinski definition) is 1. The zero-order valence-electron chi connectivity index (χ0n) is 11.2. The number of benzene rings is 1. The van der Waals surface area contributed by atoms with Gasteiger partial charge >= 0.3 is 0 Å². The molecule has 0 spiro atoms. The number of rotatable bonds is 4. The van der Waals surface area contributed by atoms with Crippen LogP contribution in [0.2, 0.25) is 5.02 Å². The number of amides is 1. The summed E-state index contributed by atoms with van der Waals surface area (Å²) in [5, 5.41) is 4.64. The van der Waals surface area contributed by atoms with Crippen molar-refractivity contribution in [3.05, 3.63) is 33.3 Å². The predicted molar refractivity (Wildman–Crippen MR) is 90.7 cm³/mol. The Balaban J connectivity index is 1.94. The Hall–Kier alpha value is -0.0600. The highest BCUT2D eigenvalue weighted by atomic mass is 79.9. The second-order valence-corrected chi connectivity index (χ2v) is 7.33. The lowest BCUT2D eigenvalue weighted by Gasteiger charge is -2.30. The van der Waals surface area contributed by atoms with Crippen LogP contribution in [0.25, 0.3) is 0 Å². The van der Waals surface area contributed by atoms with Crippen LogP contribution in [0.1, 0.15) is 36.0 Å². The van der Waals surface area contributed by atoms with Crippen LogP contribution in [0.3, 0.4) is 0 Å². The van der Waals surface area contributed by atoms with Crippen molar-refractivity contribution < 1.29 is 4.79 Å². The summed E-state index contributed by atoms with van der Waals surface area (Å²) < 4.78 is 0.825. The normalized spacial score (nSPS) is 22.6. The molecule has 20 heavy (non-hydrogen) atoms. The predicted octanol–water partition coefficient (Wildman–Crippen LogP) is 5.03. The van der Waals surface area contributed by atoms with Crippen LogP contribution in [-0.4, -0.2) is 17.8 Å². The first-order valence-corrected chi connectivity index (χ1v) is 9.19. The average molecular weight is 424 g/mol. The van der Waals surface area contributed by atoms with E-state index in [1.165, 1.54) is 25.7 Å². The molecule has 1 aromatic rings. The molecule has 0 bridgehead atoms. The van der Waals surface area contributed by atoms with E-state index in [4.69, 9.17) is 11.6 Å². The maximum Gasteiger partial charge on any atom is 0.251 e. The van der Waals surface area contributed by atoms with Crippen LogP contribution in [0.5, 0.6) is 0 Å². The van der Waals surface area contributed by atoms with Gasteiger partial charge in [0.25, 0.3) is 5.91 Å². The Labute approximate surface area is 141 Å². The fourth-order valence-corrected chi connectivity index (χ4v) is 4.48. The van der Waals surface area contributed by atoms with Crippen LogP contribution in [0, 0.1) is 11.8 Å². The highest BCUT2D eigenvalue weighted by Crippen LogP contribution is 2.30. The summed E-state index contributed by atoms with van der Waals surface area (Å²) in [4.78, 5) is 12.2. The van der Waals surface area contributed by atoms with Gasteiger partial charge in [-0.15, -0.1) is 0 Å². The van der Waals surface area contributed by atoms with Gasteiger partial charge in [-0.3, -0.25) is 4.79 Å². The molecule has 0 heterocycles. The third-order valence-electron chi connectivity index (χ3n) is 3.91. The minimum atomic E-state index is -0.0490. The Morgan fingerprint density at radius 1 is 1.25 bits per heavy atom. The summed E-state index contributed by atoms with van der Waals surface area (Å²) in [7, 11) is 0. The second-order valence-electron chi connectivity index (χ2n) is 5.33. The molecule has 1 aliphatic carbocycles. The Morgan fingerprint density at radius 3 is 2.60 bits per heavy atom. The molecule has 0 aliphatic heterocycles. The lowest BCUT2D eigenvalue weighted by molar-refractivity contribution is 0.0937. The van der Waals surface area contributed by atoms with E-state index in [0.717, 1.165) is 16.3 Å². The third-order valence-corrected chi connectivity index (χ3v) is 5.42. The van der Waals surface area contributed by atoms with Crippen molar-refractivity contribution >= 4 is 49.4 Å². The van der Waals surface area contributed by atoms with E-state index in [2.05, 4.69) is 37.2 Å². The molecule has 1 fully saturated rings. The van der Waals surface area contributed by atoms with Crippen molar-refractivity contribution in [2.24, 2.45) is 11.8 Å². The lowest BCUT2D eigenvalue weighted by atomic mass is 9.80. The fraction of sp³-hybridized carbons (Fsp3) is 0.533. The van der Waals surface area contributed by atoms with E-state index in [1.54, 1.807) is 18.2 Å². The smallest absolute Gasteiger partial charge is 0.251 e. The minimum Gasteiger partial charge on any atom is -0.352 e. The van der Waals surface area contributed by atoms with Gasteiger partial charge in [0.15, 0.2) is 0 Å². The quantitative estimate of drug-likeness (QED) is 0.676. The summed E-state index contributed by atoms with van der Waals surface area (Å²) in [6.07, 6.45) is 5.04. The number of nitrogens with one attached hydrogen (secondary N) is 1. The van der Waals surface area contributed by atoms with E-state index in [9.17, 15) is 4.79 Å². The molecule has 1 saturated carbocycles. The number of carbonyl (C=O) groups excluding carboxylic acids is 1. The van der Waals surface area contributed by atoms with Crippen molar-refractivity contribution in [3.8, 4) is 0 Å². The van der Waals surface area contributed by atoms with E-state index >= 15 is 0 Å². The van der Waals surface area contributed by atoms with Gasteiger partial charge in [-0.2, -0.15) is 0 Å². The zero-order valence-corrected chi connectivity index (χ0v) is 15.1. The molecular weight excluding hydrogens is 405 g/mol. The summed E-state index contributed by atoms with van der Waals surface area (Å²) in [6.45, 7) is 0.749.